The van der Waals surface area contributed by atoms with Crippen molar-refractivity contribution in [2.24, 2.45) is 5.92 Å². The van der Waals surface area contributed by atoms with E-state index in [1.54, 1.807) is 19.1 Å². The third kappa shape index (κ3) is 4.03. The molecule has 2 rings (SSSR count). The lowest BCUT2D eigenvalue weighted by molar-refractivity contribution is 0.252. The molecule has 2 unspecified atom stereocenters. The zero-order valence-corrected chi connectivity index (χ0v) is 14.9. The molecule has 2 atom stereocenters. The van der Waals surface area contributed by atoms with Gasteiger partial charge >= 0.3 is 0 Å². The third-order valence-electron chi connectivity index (χ3n) is 3.57. The highest BCUT2D eigenvalue weighted by Gasteiger charge is 2.24. The summed E-state index contributed by atoms with van der Waals surface area (Å²) >= 11 is -1.61. The van der Waals surface area contributed by atoms with Gasteiger partial charge in [0.25, 0.3) is 5.56 Å². The van der Waals surface area contributed by atoms with E-state index in [1.807, 2.05) is 13.8 Å². The van der Waals surface area contributed by atoms with Crippen molar-refractivity contribution in [2.45, 2.75) is 32.8 Å². The second-order valence-corrected chi connectivity index (χ2v) is 7.62. The maximum absolute atomic E-state index is 13.5. The minimum atomic E-state index is -1.61. The molecular formula is C17H21FN2O3S. The number of aromatic nitrogens is 2. The van der Waals surface area contributed by atoms with Gasteiger partial charge in [-0.05, 0) is 53.8 Å². The van der Waals surface area contributed by atoms with E-state index in [1.165, 1.54) is 23.1 Å². The van der Waals surface area contributed by atoms with Crippen molar-refractivity contribution >= 4 is 11.2 Å². The summed E-state index contributed by atoms with van der Waals surface area (Å²) in [5, 5.41) is 14.4. The molecule has 0 spiro atoms. The summed E-state index contributed by atoms with van der Waals surface area (Å²) in [6.07, 6.45) is 1.33. The summed E-state index contributed by atoms with van der Waals surface area (Å²) in [6.45, 7) is 5.89. The van der Waals surface area contributed by atoms with Crippen LogP contribution in [0.15, 0.2) is 29.1 Å². The summed E-state index contributed by atoms with van der Waals surface area (Å²) in [5.74, 6) is -0.165. The average Bonchev–Trinajstić information content (AvgIpc) is 2.50. The summed E-state index contributed by atoms with van der Waals surface area (Å²) in [6, 6.07) is 5.95. The topological polar surface area (TPSA) is 78.2 Å². The van der Waals surface area contributed by atoms with Gasteiger partial charge in [0.2, 0.25) is 5.44 Å². The first kappa shape index (κ1) is 18.6. The lowest BCUT2D eigenvalue weighted by Gasteiger charge is -2.16. The van der Waals surface area contributed by atoms with Crippen LogP contribution in [0.4, 0.5) is 4.39 Å². The van der Waals surface area contributed by atoms with Gasteiger partial charge in [-0.3, -0.25) is 4.79 Å². The molecule has 0 radical (unpaired) electrons. The van der Waals surface area contributed by atoms with E-state index in [2.05, 4.69) is 5.10 Å². The molecule has 0 aliphatic rings. The van der Waals surface area contributed by atoms with Crippen molar-refractivity contribution in [3.05, 3.63) is 51.6 Å². The Labute approximate surface area is 143 Å². The molecule has 7 heteroatoms. The SMILES string of the molecule is Cc1cc(-c2cc(C(O)[S+](C)[O-])c(=O)n(CC(C)C)n2)ccc1F. The first-order valence-electron chi connectivity index (χ1n) is 7.59. The smallest absolute Gasteiger partial charge is 0.277 e. The Hall–Kier alpha value is -1.70. The largest absolute Gasteiger partial charge is 0.614 e. The normalized spacial score (nSPS) is 14.0. The number of hydrogen-bond acceptors (Lipinski definition) is 4. The molecule has 1 N–H and O–H groups in total. The van der Waals surface area contributed by atoms with E-state index >= 15 is 0 Å². The Kier molecular flexibility index (Phi) is 5.79. The van der Waals surface area contributed by atoms with Gasteiger partial charge < -0.3 is 9.66 Å². The molecule has 0 fully saturated rings. The number of aryl methyl sites for hydroxylation is 1. The lowest BCUT2D eigenvalue weighted by Crippen LogP contribution is -2.31. The van der Waals surface area contributed by atoms with Crippen LogP contribution in [-0.4, -0.2) is 25.7 Å². The predicted molar refractivity (Wildman–Crippen MR) is 92.5 cm³/mol. The second-order valence-electron chi connectivity index (χ2n) is 6.18. The average molecular weight is 352 g/mol. The number of halogens is 1. The van der Waals surface area contributed by atoms with Crippen molar-refractivity contribution in [1.82, 2.24) is 9.78 Å². The highest BCUT2D eigenvalue weighted by molar-refractivity contribution is 7.90. The number of rotatable bonds is 5. The van der Waals surface area contributed by atoms with Crippen LogP contribution in [0.2, 0.25) is 0 Å². The van der Waals surface area contributed by atoms with Crippen LogP contribution in [-0.2, 0) is 17.7 Å². The molecule has 0 aliphatic heterocycles. The fourth-order valence-electron chi connectivity index (χ4n) is 2.33. The maximum atomic E-state index is 13.5. The van der Waals surface area contributed by atoms with Gasteiger partial charge in [-0.25, -0.2) is 9.07 Å². The van der Waals surface area contributed by atoms with Crippen molar-refractivity contribution < 1.29 is 14.0 Å². The zero-order valence-electron chi connectivity index (χ0n) is 14.1. The Bertz CT molecular complexity index is 790. The van der Waals surface area contributed by atoms with Crippen molar-refractivity contribution in [2.75, 3.05) is 6.26 Å². The summed E-state index contributed by atoms with van der Waals surface area (Å²) in [4.78, 5) is 12.5. The van der Waals surface area contributed by atoms with Crippen LogP contribution in [0.25, 0.3) is 11.3 Å². The summed E-state index contributed by atoms with van der Waals surface area (Å²) < 4.78 is 26.4. The van der Waals surface area contributed by atoms with Gasteiger partial charge in [-0.1, -0.05) is 13.8 Å². The minimum absolute atomic E-state index is 0.0310. The van der Waals surface area contributed by atoms with Crippen LogP contribution in [0.1, 0.15) is 30.4 Å². The molecule has 0 amide bonds. The van der Waals surface area contributed by atoms with Crippen LogP contribution in [0, 0.1) is 18.7 Å². The minimum Gasteiger partial charge on any atom is -0.614 e. The first-order valence-corrected chi connectivity index (χ1v) is 9.21. The van der Waals surface area contributed by atoms with Crippen LogP contribution in [0.5, 0.6) is 0 Å². The molecular weight excluding hydrogens is 331 g/mol. The van der Waals surface area contributed by atoms with Gasteiger partial charge in [0, 0.05) is 12.1 Å². The molecule has 2 aromatic rings. The fourth-order valence-corrected chi connectivity index (χ4v) is 2.86. The zero-order chi connectivity index (χ0) is 18.0. The van der Waals surface area contributed by atoms with E-state index in [9.17, 15) is 18.8 Å². The highest BCUT2D eigenvalue weighted by Crippen LogP contribution is 2.23. The van der Waals surface area contributed by atoms with Crippen molar-refractivity contribution in [3.8, 4) is 11.3 Å². The van der Waals surface area contributed by atoms with Crippen molar-refractivity contribution in [1.29, 1.82) is 0 Å². The number of nitrogens with zero attached hydrogens (tertiary/aromatic N) is 2. The van der Waals surface area contributed by atoms with Crippen molar-refractivity contribution in [3.63, 3.8) is 0 Å². The molecule has 0 aliphatic carbocycles. The van der Waals surface area contributed by atoms with Crippen LogP contribution in [0.3, 0.4) is 0 Å². The number of aliphatic hydroxyl groups is 1. The van der Waals surface area contributed by atoms with Gasteiger partial charge in [0.15, 0.2) is 0 Å². The Balaban J connectivity index is 2.64. The predicted octanol–water partition coefficient (Wildman–Crippen LogP) is 2.38. The standard InChI is InChI=1S/C17H21FN2O3S/c1-10(2)9-20-16(21)13(17(22)24(4)23)8-15(19-20)12-5-6-14(18)11(3)7-12/h5-8,10,17,22H,9H2,1-4H3. The van der Waals surface area contributed by atoms with Gasteiger partial charge in [0.1, 0.15) is 11.4 Å². The first-order chi connectivity index (χ1) is 11.2. The summed E-state index contributed by atoms with van der Waals surface area (Å²) in [5.41, 5.74) is -0.312. The molecule has 130 valence electrons. The number of aliphatic hydroxyl groups excluding tert-OH is 1. The van der Waals surface area contributed by atoms with E-state index in [0.717, 1.165) is 0 Å². The molecule has 1 aromatic heterocycles. The van der Waals surface area contributed by atoms with Gasteiger partial charge in [0.05, 0.1) is 11.9 Å². The molecule has 1 aromatic carbocycles. The van der Waals surface area contributed by atoms with Crippen LogP contribution >= 0.6 is 0 Å². The molecule has 24 heavy (non-hydrogen) atoms. The van der Waals surface area contributed by atoms with Crippen LogP contribution < -0.4 is 5.56 Å². The lowest BCUT2D eigenvalue weighted by atomic mass is 10.1. The Morgan fingerprint density at radius 1 is 1.38 bits per heavy atom. The monoisotopic (exact) mass is 352 g/mol. The van der Waals surface area contributed by atoms with Gasteiger partial charge in [-0.2, -0.15) is 5.10 Å². The maximum Gasteiger partial charge on any atom is 0.277 e. The van der Waals surface area contributed by atoms with Gasteiger partial charge in [-0.15, -0.1) is 0 Å². The quantitative estimate of drug-likeness (QED) is 0.838. The van der Waals surface area contributed by atoms with E-state index in [4.69, 9.17) is 0 Å². The Morgan fingerprint density at radius 3 is 2.58 bits per heavy atom. The number of benzene rings is 1. The molecule has 5 nitrogen and oxygen atoms in total. The summed E-state index contributed by atoms with van der Waals surface area (Å²) in [7, 11) is 0. The number of hydrogen-bond donors (Lipinski definition) is 1. The molecule has 1 heterocycles. The third-order valence-corrected chi connectivity index (χ3v) is 4.46. The van der Waals surface area contributed by atoms with E-state index in [0.29, 0.717) is 23.4 Å². The molecule has 0 saturated carbocycles. The Morgan fingerprint density at radius 2 is 2.04 bits per heavy atom. The highest BCUT2D eigenvalue weighted by atomic mass is 32.2. The fraction of sp³-hybridized carbons (Fsp3) is 0.412. The second kappa shape index (κ2) is 7.46. The molecule has 0 saturated heterocycles. The molecule has 0 bridgehead atoms. The van der Waals surface area contributed by atoms with E-state index in [-0.39, 0.29) is 17.3 Å². The van der Waals surface area contributed by atoms with E-state index < -0.39 is 22.2 Å².